The molecule has 3 aromatic rings. The van der Waals surface area contributed by atoms with Crippen molar-refractivity contribution in [3.8, 4) is 17.2 Å². The Labute approximate surface area is 196 Å². The summed E-state index contributed by atoms with van der Waals surface area (Å²) in [6.45, 7) is 5.03. The smallest absolute Gasteiger partial charge is 0.167 e. The lowest BCUT2D eigenvalue weighted by molar-refractivity contribution is 0.0322. The van der Waals surface area contributed by atoms with Gasteiger partial charge in [-0.15, -0.1) is 11.8 Å². The lowest BCUT2D eigenvalue weighted by Gasteiger charge is -2.26. The number of thioether (sulfide) groups is 1. The van der Waals surface area contributed by atoms with Gasteiger partial charge in [-0.2, -0.15) is 0 Å². The first-order valence-corrected chi connectivity index (χ1v) is 11.9. The molecule has 1 saturated heterocycles. The quantitative estimate of drug-likeness (QED) is 0.505. The van der Waals surface area contributed by atoms with Gasteiger partial charge in [-0.1, -0.05) is 12.1 Å². The maximum atomic E-state index is 14.2. The first-order chi connectivity index (χ1) is 16.2. The molecule has 172 valence electrons. The number of halogens is 1. The topological polar surface area (TPSA) is 69.8 Å². The van der Waals surface area contributed by atoms with Crippen molar-refractivity contribution in [2.24, 2.45) is 0 Å². The maximum absolute atomic E-state index is 14.2. The SMILES string of the molecule is Nc1ccc(Oc2ccnc3c2SC(c2cccc(OCCN4CCOCC4)c2)C3)c(F)c1. The van der Waals surface area contributed by atoms with Gasteiger partial charge >= 0.3 is 0 Å². The fraction of sp³-hybridized carbons (Fsp3) is 0.320. The van der Waals surface area contributed by atoms with E-state index in [2.05, 4.69) is 22.0 Å². The number of aromatic nitrogens is 1. The molecule has 1 atom stereocenters. The lowest BCUT2D eigenvalue weighted by Crippen LogP contribution is -2.38. The second-order valence-corrected chi connectivity index (χ2v) is 9.28. The van der Waals surface area contributed by atoms with E-state index >= 15 is 0 Å². The fourth-order valence-corrected chi connectivity index (χ4v) is 5.32. The number of nitrogens with zero attached hydrogens (tertiary/aromatic N) is 2. The highest BCUT2D eigenvalue weighted by atomic mass is 32.2. The van der Waals surface area contributed by atoms with Crippen LogP contribution in [0.3, 0.4) is 0 Å². The van der Waals surface area contributed by atoms with E-state index in [1.807, 2.05) is 12.1 Å². The summed E-state index contributed by atoms with van der Waals surface area (Å²) in [6, 6.07) is 14.4. The zero-order chi connectivity index (χ0) is 22.6. The van der Waals surface area contributed by atoms with Crippen LogP contribution in [0.15, 0.2) is 59.6 Å². The molecule has 2 N–H and O–H groups in total. The number of rotatable bonds is 7. The molecular formula is C25H26FN3O3S. The predicted octanol–water partition coefficient (Wildman–Crippen LogP) is 4.70. The normalized spacial score (nSPS) is 18.2. The summed E-state index contributed by atoms with van der Waals surface area (Å²) < 4.78 is 31.6. The van der Waals surface area contributed by atoms with Gasteiger partial charge in [0.2, 0.25) is 0 Å². The van der Waals surface area contributed by atoms with Crippen molar-refractivity contribution in [1.29, 1.82) is 0 Å². The highest BCUT2D eigenvalue weighted by Crippen LogP contribution is 2.50. The van der Waals surface area contributed by atoms with Crippen molar-refractivity contribution < 1.29 is 18.6 Å². The average molecular weight is 468 g/mol. The first kappa shape index (κ1) is 22.0. The molecule has 6 nitrogen and oxygen atoms in total. The summed E-state index contributed by atoms with van der Waals surface area (Å²) >= 11 is 1.69. The van der Waals surface area contributed by atoms with Crippen LogP contribution in [0.25, 0.3) is 0 Å². The van der Waals surface area contributed by atoms with Crippen LogP contribution in [0.5, 0.6) is 17.2 Å². The number of fused-ring (bicyclic) bond motifs is 1. The molecule has 0 bridgehead atoms. The lowest BCUT2D eigenvalue weighted by atomic mass is 10.1. The van der Waals surface area contributed by atoms with E-state index in [0.29, 0.717) is 18.0 Å². The molecule has 3 heterocycles. The molecular weight excluding hydrogens is 441 g/mol. The van der Waals surface area contributed by atoms with E-state index < -0.39 is 5.82 Å². The van der Waals surface area contributed by atoms with Gasteiger partial charge in [-0.3, -0.25) is 9.88 Å². The van der Waals surface area contributed by atoms with Crippen molar-refractivity contribution >= 4 is 17.4 Å². The van der Waals surface area contributed by atoms with Crippen LogP contribution in [-0.2, 0) is 11.2 Å². The van der Waals surface area contributed by atoms with Crippen LogP contribution in [0.2, 0.25) is 0 Å². The minimum atomic E-state index is -0.484. The van der Waals surface area contributed by atoms with Crippen LogP contribution < -0.4 is 15.2 Å². The summed E-state index contributed by atoms with van der Waals surface area (Å²) in [5, 5.41) is 0.191. The predicted molar refractivity (Wildman–Crippen MR) is 127 cm³/mol. The van der Waals surface area contributed by atoms with Crippen molar-refractivity contribution in [3.63, 3.8) is 0 Å². The summed E-state index contributed by atoms with van der Waals surface area (Å²) in [5.41, 5.74) is 8.14. The fourth-order valence-electron chi connectivity index (χ4n) is 4.01. The zero-order valence-electron chi connectivity index (χ0n) is 18.2. The number of nitrogen functional groups attached to an aromatic ring is 1. The molecule has 1 unspecified atom stereocenters. The molecule has 33 heavy (non-hydrogen) atoms. The van der Waals surface area contributed by atoms with E-state index in [-0.39, 0.29) is 11.0 Å². The molecule has 1 fully saturated rings. The molecule has 2 aromatic carbocycles. The Morgan fingerprint density at radius 2 is 2.00 bits per heavy atom. The first-order valence-electron chi connectivity index (χ1n) is 11.1. The van der Waals surface area contributed by atoms with Crippen molar-refractivity contribution in [1.82, 2.24) is 9.88 Å². The van der Waals surface area contributed by atoms with Gasteiger partial charge in [0, 0.05) is 55.3 Å². The molecule has 0 spiro atoms. The van der Waals surface area contributed by atoms with Gasteiger partial charge in [0.25, 0.3) is 0 Å². The number of hydrogen-bond acceptors (Lipinski definition) is 7. The molecule has 0 saturated carbocycles. The summed E-state index contributed by atoms with van der Waals surface area (Å²) in [6.07, 6.45) is 2.48. The molecule has 8 heteroatoms. The third-order valence-electron chi connectivity index (χ3n) is 5.77. The summed E-state index contributed by atoms with van der Waals surface area (Å²) in [7, 11) is 0. The van der Waals surface area contributed by atoms with Crippen LogP contribution in [-0.4, -0.2) is 49.3 Å². The van der Waals surface area contributed by atoms with Crippen molar-refractivity contribution in [2.75, 3.05) is 45.2 Å². The van der Waals surface area contributed by atoms with E-state index in [9.17, 15) is 4.39 Å². The number of nitrogens with two attached hydrogens (primary N) is 1. The Morgan fingerprint density at radius 3 is 2.85 bits per heavy atom. The summed E-state index contributed by atoms with van der Waals surface area (Å²) in [4.78, 5) is 7.83. The van der Waals surface area contributed by atoms with Crippen LogP contribution in [0, 0.1) is 5.82 Å². The average Bonchev–Trinajstić information content (AvgIpc) is 3.27. The van der Waals surface area contributed by atoms with Crippen LogP contribution in [0.1, 0.15) is 16.5 Å². The van der Waals surface area contributed by atoms with Crippen molar-refractivity contribution in [2.45, 2.75) is 16.6 Å². The molecule has 1 aromatic heterocycles. The largest absolute Gasteiger partial charge is 0.492 e. The minimum Gasteiger partial charge on any atom is -0.492 e. The highest BCUT2D eigenvalue weighted by molar-refractivity contribution is 8.00. The third kappa shape index (κ3) is 5.24. The third-order valence-corrected chi connectivity index (χ3v) is 7.16. The van der Waals surface area contributed by atoms with Crippen molar-refractivity contribution in [3.05, 3.63) is 71.8 Å². The molecule has 2 aliphatic rings. The van der Waals surface area contributed by atoms with Gasteiger partial charge in [0.1, 0.15) is 18.1 Å². The minimum absolute atomic E-state index is 0.150. The molecule has 0 radical (unpaired) electrons. The monoisotopic (exact) mass is 467 g/mol. The number of pyridine rings is 1. The highest BCUT2D eigenvalue weighted by Gasteiger charge is 2.28. The Kier molecular flexibility index (Phi) is 6.66. The maximum Gasteiger partial charge on any atom is 0.167 e. The molecule has 0 amide bonds. The van der Waals surface area contributed by atoms with Gasteiger partial charge < -0.3 is 19.9 Å². The standard InChI is InChI=1S/C25H26FN3O3S/c26-20-15-18(27)4-5-22(20)32-23-6-7-28-21-16-24(33-25(21)23)17-2-1-3-19(14-17)31-13-10-29-8-11-30-12-9-29/h1-7,14-15,24H,8-13,16,27H2. The Hall–Kier alpha value is -2.81. The number of benzene rings is 2. The van der Waals surface area contributed by atoms with Crippen LogP contribution in [0.4, 0.5) is 10.1 Å². The number of anilines is 1. The second kappa shape index (κ2) is 9.99. The van der Waals surface area contributed by atoms with Crippen LogP contribution >= 0.6 is 11.8 Å². The van der Waals surface area contributed by atoms with E-state index in [1.54, 1.807) is 36.2 Å². The molecule has 5 rings (SSSR count). The molecule has 0 aliphatic carbocycles. The van der Waals surface area contributed by atoms with E-state index in [1.165, 1.54) is 11.6 Å². The number of morpholine rings is 1. The number of ether oxygens (including phenoxy) is 3. The van der Waals surface area contributed by atoms with Gasteiger partial charge in [0.05, 0.1) is 23.8 Å². The van der Waals surface area contributed by atoms with E-state index in [0.717, 1.165) is 55.6 Å². The van der Waals surface area contributed by atoms with Gasteiger partial charge in [-0.25, -0.2) is 4.39 Å². The Bertz CT molecular complexity index is 1120. The second-order valence-electron chi connectivity index (χ2n) is 8.06. The molecule has 2 aliphatic heterocycles. The Balaban J connectivity index is 1.25. The summed E-state index contributed by atoms with van der Waals surface area (Å²) in [5.74, 6) is 1.14. The van der Waals surface area contributed by atoms with Gasteiger partial charge in [0.15, 0.2) is 11.6 Å². The Morgan fingerprint density at radius 1 is 1.12 bits per heavy atom. The number of hydrogen-bond donors (Lipinski definition) is 1. The zero-order valence-corrected chi connectivity index (χ0v) is 19.0. The van der Waals surface area contributed by atoms with Gasteiger partial charge in [-0.05, 0) is 29.8 Å². The van der Waals surface area contributed by atoms with E-state index in [4.69, 9.17) is 19.9 Å².